The number of allylic oxidation sites excluding steroid dienone is 3. The smallest absolute Gasteiger partial charge is 0.119 e. The Kier molecular flexibility index (Phi) is 8.61. The van der Waals surface area contributed by atoms with Gasteiger partial charge in [-0.15, -0.1) is 0 Å². The van der Waals surface area contributed by atoms with Crippen LogP contribution in [-0.2, 0) is 0 Å². The molecule has 0 heterocycles. The fourth-order valence-electron chi connectivity index (χ4n) is 4.83. The number of aryl methyl sites for hydroxylation is 1. The third-order valence-electron chi connectivity index (χ3n) is 6.33. The molecule has 162 valence electrons. The first-order valence-electron chi connectivity index (χ1n) is 11.8. The highest BCUT2D eigenvalue weighted by Gasteiger charge is 2.36. The van der Waals surface area contributed by atoms with Crippen LogP contribution in [0.3, 0.4) is 0 Å². The summed E-state index contributed by atoms with van der Waals surface area (Å²) in [5.74, 6) is 0.995. The summed E-state index contributed by atoms with van der Waals surface area (Å²) in [5, 5.41) is 0. The second-order valence-electron chi connectivity index (χ2n) is 10.4. The van der Waals surface area contributed by atoms with Crippen LogP contribution in [0.25, 0.3) is 5.57 Å². The Morgan fingerprint density at radius 1 is 0.931 bits per heavy atom. The van der Waals surface area contributed by atoms with Gasteiger partial charge < -0.3 is 4.74 Å². The van der Waals surface area contributed by atoms with Gasteiger partial charge in [0.25, 0.3) is 0 Å². The Hall–Kier alpha value is -1.50. The molecule has 0 amide bonds. The van der Waals surface area contributed by atoms with Gasteiger partial charge in [0, 0.05) is 0 Å². The summed E-state index contributed by atoms with van der Waals surface area (Å²) in [7, 11) is 0. The number of rotatable bonds is 11. The molecule has 29 heavy (non-hydrogen) atoms. The van der Waals surface area contributed by atoms with Gasteiger partial charge in [0.1, 0.15) is 5.75 Å². The van der Waals surface area contributed by atoms with E-state index in [4.69, 9.17) is 4.74 Å². The quantitative estimate of drug-likeness (QED) is 0.339. The molecule has 2 rings (SSSR count). The number of ether oxygens (including phenoxy) is 1. The molecule has 0 radical (unpaired) electrons. The molecule has 0 spiro atoms. The van der Waals surface area contributed by atoms with Gasteiger partial charge in [-0.1, -0.05) is 98.3 Å². The van der Waals surface area contributed by atoms with Gasteiger partial charge in [0.15, 0.2) is 0 Å². The summed E-state index contributed by atoms with van der Waals surface area (Å²) in [5.41, 5.74) is 5.48. The highest BCUT2D eigenvalue weighted by atomic mass is 16.5. The lowest BCUT2D eigenvalue weighted by atomic mass is 9.63. The summed E-state index contributed by atoms with van der Waals surface area (Å²) in [6, 6.07) is 6.56. The molecule has 0 saturated heterocycles. The Bertz CT molecular complexity index is 705. The normalized spacial score (nSPS) is 17.9. The number of hydrogen-bond acceptors (Lipinski definition) is 1. The molecule has 0 saturated carbocycles. The zero-order valence-corrected chi connectivity index (χ0v) is 20.0. The minimum absolute atomic E-state index is 0.131. The molecule has 0 bridgehead atoms. The molecule has 0 fully saturated rings. The van der Waals surface area contributed by atoms with E-state index in [9.17, 15) is 0 Å². The Balaban J connectivity index is 1.89. The molecule has 1 aromatic rings. The number of unbranched alkanes of at least 4 members (excludes halogenated alkanes) is 7. The van der Waals surface area contributed by atoms with Crippen molar-refractivity contribution in [2.24, 2.45) is 10.8 Å². The maximum atomic E-state index is 6.04. The van der Waals surface area contributed by atoms with Crippen LogP contribution in [0, 0.1) is 17.8 Å². The van der Waals surface area contributed by atoms with Crippen molar-refractivity contribution in [2.45, 2.75) is 99.3 Å². The zero-order chi connectivity index (χ0) is 21.5. The lowest BCUT2D eigenvalue weighted by Gasteiger charge is -2.41. The van der Waals surface area contributed by atoms with E-state index in [1.54, 1.807) is 0 Å². The van der Waals surface area contributed by atoms with Crippen LogP contribution in [0.15, 0.2) is 36.4 Å². The molecule has 1 aliphatic carbocycles. The molecular weight excluding hydrogens is 352 g/mol. The van der Waals surface area contributed by atoms with Crippen LogP contribution in [0.2, 0.25) is 0 Å². The second-order valence-corrected chi connectivity index (χ2v) is 10.4. The van der Waals surface area contributed by atoms with Crippen molar-refractivity contribution in [3.05, 3.63) is 47.6 Å². The largest absolute Gasteiger partial charge is 0.494 e. The summed E-state index contributed by atoms with van der Waals surface area (Å²) < 4.78 is 6.04. The van der Waals surface area contributed by atoms with Gasteiger partial charge in [0.05, 0.1) is 6.61 Å². The fourth-order valence-corrected chi connectivity index (χ4v) is 4.83. The molecule has 0 unspecified atom stereocenters. The van der Waals surface area contributed by atoms with Gasteiger partial charge in [0.2, 0.25) is 0 Å². The van der Waals surface area contributed by atoms with Crippen LogP contribution in [-0.4, -0.2) is 6.61 Å². The van der Waals surface area contributed by atoms with Crippen molar-refractivity contribution < 1.29 is 4.74 Å². The molecule has 1 aromatic carbocycles. The second kappa shape index (κ2) is 10.5. The highest BCUT2D eigenvalue weighted by molar-refractivity contribution is 5.83. The van der Waals surface area contributed by atoms with Crippen LogP contribution in [0.4, 0.5) is 0 Å². The first kappa shape index (κ1) is 23.8. The molecule has 1 heteroatoms. The first-order valence-corrected chi connectivity index (χ1v) is 11.8. The fraction of sp³-hybridized carbons (Fsp3) is 0.643. The molecular formula is C28H44O. The average molecular weight is 397 g/mol. The van der Waals surface area contributed by atoms with Crippen LogP contribution in [0.1, 0.15) is 104 Å². The monoisotopic (exact) mass is 396 g/mol. The standard InChI is InChI=1S/C28H44O/c1-8-9-10-11-12-13-14-15-18-29-24-16-17-25(22(2)19-24)26-20-27(4,5)21-28(6,7)23(26)3/h16-17,19-20H,3,8-15,18,21H2,1-2,4-7H3. The molecule has 0 aromatic heterocycles. The maximum Gasteiger partial charge on any atom is 0.119 e. The van der Waals surface area contributed by atoms with Crippen molar-refractivity contribution in [1.82, 2.24) is 0 Å². The minimum Gasteiger partial charge on any atom is -0.494 e. The van der Waals surface area contributed by atoms with E-state index in [1.807, 2.05) is 0 Å². The topological polar surface area (TPSA) is 9.23 Å². The van der Waals surface area contributed by atoms with Crippen molar-refractivity contribution in [2.75, 3.05) is 6.61 Å². The predicted octanol–water partition coefficient (Wildman–Crippen LogP) is 8.91. The first-order chi connectivity index (χ1) is 13.7. The summed E-state index contributed by atoms with van der Waals surface area (Å²) in [6.45, 7) is 19.1. The molecule has 0 N–H and O–H groups in total. The van der Waals surface area contributed by atoms with Gasteiger partial charge in [-0.2, -0.15) is 0 Å². The Morgan fingerprint density at radius 2 is 1.55 bits per heavy atom. The third kappa shape index (κ3) is 7.05. The van der Waals surface area contributed by atoms with E-state index >= 15 is 0 Å². The highest BCUT2D eigenvalue weighted by Crippen LogP contribution is 2.50. The van der Waals surface area contributed by atoms with E-state index in [2.05, 4.69) is 72.4 Å². The van der Waals surface area contributed by atoms with Gasteiger partial charge in [-0.25, -0.2) is 0 Å². The van der Waals surface area contributed by atoms with Crippen molar-refractivity contribution in [1.29, 1.82) is 0 Å². The van der Waals surface area contributed by atoms with E-state index in [0.717, 1.165) is 25.2 Å². The van der Waals surface area contributed by atoms with Crippen LogP contribution in [0.5, 0.6) is 5.75 Å². The predicted molar refractivity (Wildman–Crippen MR) is 129 cm³/mol. The van der Waals surface area contributed by atoms with Crippen molar-refractivity contribution >= 4 is 5.57 Å². The average Bonchev–Trinajstić information content (AvgIpc) is 2.63. The lowest BCUT2D eigenvalue weighted by Crippen LogP contribution is -2.28. The maximum absolute atomic E-state index is 6.04. The Labute approximate surface area is 180 Å². The van der Waals surface area contributed by atoms with E-state index < -0.39 is 0 Å². The molecule has 0 atom stereocenters. The summed E-state index contributed by atoms with van der Waals surface area (Å²) in [4.78, 5) is 0. The van der Waals surface area contributed by atoms with Crippen molar-refractivity contribution in [3.8, 4) is 5.75 Å². The van der Waals surface area contributed by atoms with Crippen molar-refractivity contribution in [3.63, 3.8) is 0 Å². The molecule has 1 aliphatic rings. The summed E-state index contributed by atoms with van der Waals surface area (Å²) >= 11 is 0. The van der Waals surface area contributed by atoms with E-state index in [-0.39, 0.29) is 10.8 Å². The third-order valence-corrected chi connectivity index (χ3v) is 6.33. The minimum atomic E-state index is 0.131. The van der Waals surface area contributed by atoms with Crippen LogP contribution < -0.4 is 4.74 Å². The SMILES string of the molecule is C=C1C(c2ccc(OCCCCCCCCCC)cc2C)=CC(C)(C)CC1(C)C. The van der Waals surface area contributed by atoms with E-state index in [1.165, 1.54) is 67.2 Å². The summed E-state index contributed by atoms with van der Waals surface area (Å²) in [6.07, 6.45) is 14.2. The Morgan fingerprint density at radius 3 is 2.17 bits per heavy atom. The van der Waals surface area contributed by atoms with Gasteiger partial charge >= 0.3 is 0 Å². The van der Waals surface area contributed by atoms with E-state index in [0.29, 0.717) is 0 Å². The van der Waals surface area contributed by atoms with Crippen LogP contribution >= 0.6 is 0 Å². The number of hydrogen-bond donors (Lipinski definition) is 0. The lowest BCUT2D eigenvalue weighted by molar-refractivity contribution is 0.276. The van der Waals surface area contributed by atoms with Gasteiger partial charge in [-0.05, 0) is 65.0 Å². The number of benzene rings is 1. The molecule has 1 nitrogen and oxygen atoms in total. The molecule has 0 aliphatic heterocycles. The van der Waals surface area contributed by atoms with Gasteiger partial charge in [-0.3, -0.25) is 0 Å². The zero-order valence-electron chi connectivity index (χ0n) is 20.0.